The van der Waals surface area contributed by atoms with Crippen molar-refractivity contribution in [2.45, 2.75) is 76.7 Å². The fourth-order valence-corrected chi connectivity index (χ4v) is 8.18. The molecule has 0 saturated carbocycles. The predicted octanol–water partition coefficient (Wildman–Crippen LogP) is 6.02. The lowest BCUT2D eigenvalue weighted by Gasteiger charge is -2.30. The third-order valence-electron chi connectivity index (χ3n) is 11.3. The molecule has 0 aliphatic carbocycles. The number of nitrogens with one attached hydrogen (secondary N) is 4. The number of nitrogens with zero attached hydrogens (tertiary/aromatic N) is 4. The Bertz CT molecular complexity index is 2160. The number of carbonyl (C=O) groups excluding carboxylic acids is 2. The first-order chi connectivity index (χ1) is 28.1. The van der Waals surface area contributed by atoms with Crippen LogP contribution in [-0.2, 0) is 27.3 Å². The minimum Gasteiger partial charge on any atom is -0.465 e. The Morgan fingerprint density at radius 3 is 1.72 bits per heavy atom. The second kappa shape index (κ2) is 18.2. The molecular weight excluding hydrogens is 735 g/mol. The van der Waals surface area contributed by atoms with Gasteiger partial charge >= 0.3 is 6.09 Å². The number of ether oxygens (including phenoxy) is 1. The molecule has 2 aliphatic heterocycles. The highest BCUT2D eigenvalue weighted by Crippen LogP contribution is 2.35. The largest absolute Gasteiger partial charge is 0.465 e. The van der Waals surface area contributed by atoms with Crippen molar-refractivity contribution in [2.75, 3.05) is 26.9 Å². The molecular formula is C44H53N9O5. The van der Waals surface area contributed by atoms with E-state index in [1.807, 2.05) is 61.3 Å². The number of imidazole rings is 2. The van der Waals surface area contributed by atoms with E-state index in [0.717, 1.165) is 76.3 Å². The summed E-state index contributed by atoms with van der Waals surface area (Å²) < 4.78 is 5.18. The Balaban J connectivity index is 0.994. The number of aromatic nitrogens is 4. The molecule has 2 aromatic heterocycles. The molecule has 3 amide bonds. The summed E-state index contributed by atoms with van der Waals surface area (Å²) >= 11 is 0. The summed E-state index contributed by atoms with van der Waals surface area (Å²) in [7, 11) is 1.62. The van der Waals surface area contributed by atoms with Gasteiger partial charge in [0.1, 0.15) is 17.7 Å². The summed E-state index contributed by atoms with van der Waals surface area (Å²) in [5.41, 5.74) is 13.4. The summed E-state index contributed by atoms with van der Waals surface area (Å²) in [6, 6.07) is 22.5. The van der Waals surface area contributed by atoms with Gasteiger partial charge in [-0.2, -0.15) is 0 Å². The molecule has 0 spiro atoms. The van der Waals surface area contributed by atoms with E-state index >= 15 is 0 Å². The summed E-state index contributed by atoms with van der Waals surface area (Å²) in [6.45, 7) is 6.03. The smallest absolute Gasteiger partial charge is 0.405 e. The van der Waals surface area contributed by atoms with Crippen molar-refractivity contribution in [2.24, 2.45) is 11.7 Å². The lowest BCUT2D eigenvalue weighted by Crippen LogP contribution is -2.49. The number of methoxy groups -OCH3 is 1. The molecule has 3 aromatic carbocycles. The average molecular weight is 788 g/mol. The molecule has 2 saturated heterocycles. The Kier molecular flexibility index (Phi) is 12.7. The lowest BCUT2D eigenvalue weighted by atomic mass is 10.0. The van der Waals surface area contributed by atoms with Crippen molar-refractivity contribution in [1.82, 2.24) is 40.4 Å². The van der Waals surface area contributed by atoms with Crippen molar-refractivity contribution in [3.63, 3.8) is 0 Å². The fraction of sp³-hybridized carbons (Fsp3) is 0.386. The first-order valence-corrected chi connectivity index (χ1v) is 20.0. The summed E-state index contributed by atoms with van der Waals surface area (Å²) in [6.07, 6.45) is 5.93. The second-order valence-corrected chi connectivity index (χ2v) is 15.5. The van der Waals surface area contributed by atoms with Crippen molar-refractivity contribution in [1.29, 1.82) is 0 Å². The Morgan fingerprint density at radius 1 is 0.776 bits per heavy atom. The van der Waals surface area contributed by atoms with E-state index in [0.29, 0.717) is 32.2 Å². The topological polar surface area (TPSA) is 195 Å². The molecule has 0 radical (unpaired) electrons. The van der Waals surface area contributed by atoms with Gasteiger partial charge in [-0.3, -0.25) is 14.9 Å². The number of carboxylic acid groups (broad SMARTS) is 1. The first kappa shape index (κ1) is 40.4. The maximum Gasteiger partial charge on any atom is 0.405 e. The Hall–Kier alpha value is -5.83. The number of hydrogen-bond donors (Lipinski definition) is 6. The molecule has 7 N–H and O–H groups in total. The molecule has 2 fully saturated rings. The minimum absolute atomic E-state index is 0.0749. The van der Waals surface area contributed by atoms with Crippen LogP contribution >= 0.6 is 0 Å². The zero-order valence-corrected chi connectivity index (χ0v) is 33.3. The van der Waals surface area contributed by atoms with Gasteiger partial charge in [0.2, 0.25) is 11.8 Å². The standard InChI is InChI=1S/C44H53N9O5/c1-27(2)39(48-26-58-3)43(55)53-21-5-7-38(53)41-47-25-36(50-41)33-18-14-31(15-19-33)30-12-16-32(17-13-30)35-24-46-40(49-35)37-6-4-20-52(37)42(54)34(51-44(56)57)22-28-8-10-29(23-45)11-9-28/h8-19,24-25,27,34,37-39,48,51H,4-7,20-23,26,45H2,1-3H3,(H,46,49)(H,47,50)(H,56,57)/t34-,37-,38?,39-/m0/s1. The summed E-state index contributed by atoms with van der Waals surface area (Å²) in [5.74, 6) is 1.40. The number of hydrogen-bond acceptors (Lipinski definition) is 8. The van der Waals surface area contributed by atoms with Gasteiger partial charge in [0.05, 0.1) is 48.6 Å². The van der Waals surface area contributed by atoms with E-state index in [4.69, 9.17) is 15.5 Å². The zero-order valence-electron chi connectivity index (χ0n) is 33.3. The fourth-order valence-electron chi connectivity index (χ4n) is 8.18. The number of rotatable bonds is 15. The number of H-pyrrole nitrogens is 2. The van der Waals surface area contributed by atoms with E-state index in [2.05, 4.69) is 62.0 Å². The van der Waals surface area contributed by atoms with Gasteiger partial charge in [-0.15, -0.1) is 0 Å². The molecule has 1 unspecified atom stereocenters. The number of aromatic amines is 2. The quantitative estimate of drug-likeness (QED) is 0.0689. The average Bonchev–Trinajstić information content (AvgIpc) is 4.08. The SMILES string of the molecule is COCN[C@H](C(=O)N1CCCC1c1ncc(-c2ccc(-c3ccc(-c4cnc([C@@H]5CCCN5C(=O)[C@H](Cc5ccc(CN)cc5)NC(=O)O)[nH]4)cc3)cc2)[nH]1)C(C)C. The zero-order chi connectivity index (χ0) is 40.8. The molecule has 304 valence electrons. The second-order valence-electron chi connectivity index (χ2n) is 15.5. The van der Waals surface area contributed by atoms with Crippen LogP contribution < -0.4 is 16.4 Å². The van der Waals surface area contributed by atoms with Gasteiger partial charge in [-0.25, -0.2) is 14.8 Å². The number of benzene rings is 3. The maximum atomic E-state index is 13.8. The van der Waals surface area contributed by atoms with Gasteiger partial charge < -0.3 is 40.7 Å². The minimum atomic E-state index is -1.24. The molecule has 58 heavy (non-hydrogen) atoms. The first-order valence-electron chi connectivity index (χ1n) is 20.0. The van der Waals surface area contributed by atoms with Crippen LogP contribution in [-0.4, -0.2) is 91.8 Å². The number of likely N-dealkylation sites (tertiary alicyclic amines) is 2. The van der Waals surface area contributed by atoms with E-state index in [9.17, 15) is 19.5 Å². The van der Waals surface area contributed by atoms with Gasteiger partial charge in [-0.05, 0) is 65.0 Å². The van der Waals surface area contributed by atoms with Crippen LogP contribution in [0.5, 0.6) is 0 Å². The monoisotopic (exact) mass is 787 g/mol. The van der Waals surface area contributed by atoms with Crippen LogP contribution in [0.4, 0.5) is 4.79 Å². The summed E-state index contributed by atoms with van der Waals surface area (Å²) in [5, 5.41) is 15.2. The molecule has 14 heteroatoms. The number of amides is 3. The molecule has 4 heterocycles. The van der Waals surface area contributed by atoms with Crippen molar-refractivity contribution in [3.05, 3.63) is 108 Å². The molecule has 7 rings (SSSR count). The number of nitrogens with two attached hydrogens (primary N) is 1. The summed E-state index contributed by atoms with van der Waals surface area (Å²) in [4.78, 5) is 59.1. The third kappa shape index (κ3) is 8.99. The molecule has 2 aliphatic rings. The highest BCUT2D eigenvalue weighted by atomic mass is 16.5. The third-order valence-corrected chi connectivity index (χ3v) is 11.3. The van der Waals surface area contributed by atoms with Crippen LogP contribution in [0.2, 0.25) is 0 Å². The molecule has 4 atom stereocenters. The molecule has 5 aromatic rings. The molecule has 0 bridgehead atoms. The lowest BCUT2D eigenvalue weighted by molar-refractivity contribution is -0.136. The van der Waals surface area contributed by atoms with Gasteiger partial charge in [-0.1, -0.05) is 86.6 Å². The van der Waals surface area contributed by atoms with E-state index in [1.54, 1.807) is 18.2 Å². The van der Waals surface area contributed by atoms with Crippen LogP contribution in [0.3, 0.4) is 0 Å². The van der Waals surface area contributed by atoms with Gasteiger partial charge in [0.15, 0.2) is 0 Å². The van der Waals surface area contributed by atoms with E-state index in [1.165, 1.54) is 0 Å². The normalized spacial score (nSPS) is 17.8. The van der Waals surface area contributed by atoms with Crippen molar-refractivity contribution >= 4 is 17.9 Å². The van der Waals surface area contributed by atoms with Crippen LogP contribution in [0.25, 0.3) is 33.6 Å². The maximum absolute atomic E-state index is 13.8. The highest BCUT2D eigenvalue weighted by Gasteiger charge is 2.38. The predicted molar refractivity (Wildman–Crippen MR) is 221 cm³/mol. The van der Waals surface area contributed by atoms with Gasteiger partial charge in [0, 0.05) is 33.2 Å². The van der Waals surface area contributed by atoms with Crippen molar-refractivity contribution < 1.29 is 24.2 Å². The Labute approximate surface area is 338 Å². The van der Waals surface area contributed by atoms with E-state index < -0.39 is 12.1 Å². The van der Waals surface area contributed by atoms with Crippen LogP contribution in [0, 0.1) is 5.92 Å². The Morgan fingerprint density at radius 2 is 1.26 bits per heavy atom. The molecule has 14 nitrogen and oxygen atoms in total. The van der Waals surface area contributed by atoms with Crippen LogP contribution in [0.1, 0.15) is 74.4 Å². The van der Waals surface area contributed by atoms with Gasteiger partial charge in [0.25, 0.3) is 0 Å². The van der Waals surface area contributed by atoms with E-state index in [-0.39, 0.29) is 42.3 Å². The number of carbonyl (C=O) groups is 3. The van der Waals surface area contributed by atoms with Crippen molar-refractivity contribution in [3.8, 4) is 33.6 Å². The highest BCUT2D eigenvalue weighted by molar-refractivity contribution is 5.86. The van der Waals surface area contributed by atoms with Crippen LogP contribution in [0.15, 0.2) is 85.2 Å².